The van der Waals surface area contributed by atoms with Crippen molar-refractivity contribution in [3.8, 4) is 0 Å². The van der Waals surface area contributed by atoms with E-state index in [0.29, 0.717) is 0 Å². The second kappa shape index (κ2) is 5.93. The summed E-state index contributed by atoms with van der Waals surface area (Å²) in [5.41, 5.74) is 0.244. The van der Waals surface area contributed by atoms with Crippen LogP contribution in [0.4, 0.5) is 0 Å². The van der Waals surface area contributed by atoms with Crippen LogP contribution in [0.2, 0.25) is 0 Å². The SMILES string of the molecule is COC(=O)c1cccc(S(=O)(=O)N(C)C2CCCC2)c1. The number of ether oxygens (including phenoxy) is 1. The molecular formula is C14H19NO4S. The van der Waals surface area contributed by atoms with Crippen molar-refractivity contribution in [3.05, 3.63) is 29.8 Å². The first kappa shape index (κ1) is 15.0. The van der Waals surface area contributed by atoms with Gasteiger partial charge in [-0.05, 0) is 31.0 Å². The number of nitrogens with zero attached hydrogens (tertiary/aromatic N) is 1. The average molecular weight is 297 g/mol. The van der Waals surface area contributed by atoms with Crippen LogP contribution < -0.4 is 0 Å². The maximum Gasteiger partial charge on any atom is 0.337 e. The molecule has 0 saturated heterocycles. The third-order valence-corrected chi connectivity index (χ3v) is 5.68. The smallest absolute Gasteiger partial charge is 0.337 e. The number of methoxy groups -OCH3 is 1. The highest BCUT2D eigenvalue weighted by Crippen LogP contribution is 2.27. The van der Waals surface area contributed by atoms with Gasteiger partial charge in [0.05, 0.1) is 17.6 Å². The Labute approximate surface area is 119 Å². The fourth-order valence-electron chi connectivity index (χ4n) is 2.53. The highest BCUT2D eigenvalue weighted by atomic mass is 32.2. The molecular weight excluding hydrogens is 278 g/mol. The molecule has 0 N–H and O–H groups in total. The van der Waals surface area contributed by atoms with Crippen LogP contribution in [0.25, 0.3) is 0 Å². The molecule has 0 aromatic heterocycles. The predicted octanol–water partition coefficient (Wildman–Crippen LogP) is 2.04. The summed E-state index contributed by atoms with van der Waals surface area (Å²) in [5.74, 6) is -0.537. The number of esters is 1. The standard InChI is InChI=1S/C14H19NO4S/c1-15(12-7-3-4-8-12)20(17,18)13-9-5-6-11(10-13)14(16)19-2/h5-6,9-10,12H,3-4,7-8H2,1-2H3. The molecule has 20 heavy (non-hydrogen) atoms. The maximum absolute atomic E-state index is 12.6. The minimum Gasteiger partial charge on any atom is -0.465 e. The summed E-state index contributed by atoms with van der Waals surface area (Å²) in [6.45, 7) is 0. The molecule has 1 aliphatic carbocycles. The number of benzene rings is 1. The van der Waals surface area contributed by atoms with Gasteiger partial charge in [-0.2, -0.15) is 4.31 Å². The van der Waals surface area contributed by atoms with E-state index >= 15 is 0 Å². The van der Waals surface area contributed by atoms with Crippen LogP contribution in [0.5, 0.6) is 0 Å². The fourth-order valence-corrected chi connectivity index (χ4v) is 3.99. The molecule has 1 fully saturated rings. The topological polar surface area (TPSA) is 63.7 Å². The number of carbonyl (C=O) groups excluding carboxylic acids is 1. The first-order valence-electron chi connectivity index (χ1n) is 6.63. The quantitative estimate of drug-likeness (QED) is 0.798. The zero-order valence-corrected chi connectivity index (χ0v) is 12.5. The zero-order valence-electron chi connectivity index (χ0n) is 11.7. The van der Waals surface area contributed by atoms with Gasteiger partial charge < -0.3 is 4.74 Å². The monoisotopic (exact) mass is 297 g/mol. The fraction of sp³-hybridized carbons (Fsp3) is 0.500. The molecule has 0 radical (unpaired) electrons. The van der Waals surface area contributed by atoms with Gasteiger partial charge in [-0.25, -0.2) is 13.2 Å². The number of hydrogen-bond acceptors (Lipinski definition) is 4. The zero-order chi connectivity index (χ0) is 14.8. The third-order valence-electron chi connectivity index (χ3n) is 3.77. The Morgan fingerprint density at radius 3 is 2.55 bits per heavy atom. The van der Waals surface area contributed by atoms with Crippen molar-refractivity contribution in [2.75, 3.05) is 14.2 Å². The van der Waals surface area contributed by atoms with Crippen LogP contribution >= 0.6 is 0 Å². The van der Waals surface area contributed by atoms with Crippen LogP contribution in [-0.4, -0.2) is 38.9 Å². The summed E-state index contributed by atoms with van der Waals surface area (Å²) in [6, 6.07) is 6.03. The number of hydrogen-bond donors (Lipinski definition) is 0. The second-order valence-corrected chi connectivity index (χ2v) is 6.98. The number of rotatable bonds is 4. The first-order chi connectivity index (χ1) is 9.46. The van der Waals surface area contributed by atoms with Crippen LogP contribution in [0.3, 0.4) is 0 Å². The predicted molar refractivity (Wildman–Crippen MR) is 75.0 cm³/mol. The van der Waals surface area contributed by atoms with Gasteiger partial charge >= 0.3 is 5.97 Å². The average Bonchev–Trinajstić information content (AvgIpc) is 2.99. The third kappa shape index (κ3) is 2.86. The minimum absolute atomic E-state index is 0.0572. The lowest BCUT2D eigenvalue weighted by atomic mass is 10.2. The van der Waals surface area contributed by atoms with Gasteiger partial charge in [0.1, 0.15) is 0 Å². The largest absolute Gasteiger partial charge is 0.465 e. The second-order valence-electron chi connectivity index (χ2n) is 4.98. The van der Waals surface area contributed by atoms with E-state index in [-0.39, 0.29) is 16.5 Å². The van der Waals surface area contributed by atoms with E-state index in [9.17, 15) is 13.2 Å². The molecule has 0 amide bonds. The van der Waals surface area contributed by atoms with Crippen LogP contribution in [-0.2, 0) is 14.8 Å². The Morgan fingerprint density at radius 1 is 1.30 bits per heavy atom. The molecule has 0 aliphatic heterocycles. The van der Waals surface area contributed by atoms with Gasteiger partial charge in [0.15, 0.2) is 0 Å². The molecule has 1 aliphatic rings. The van der Waals surface area contributed by atoms with Crippen LogP contribution in [0.1, 0.15) is 36.0 Å². The lowest BCUT2D eigenvalue weighted by molar-refractivity contribution is 0.0600. The molecule has 0 unspecified atom stereocenters. The highest BCUT2D eigenvalue weighted by Gasteiger charge is 2.30. The van der Waals surface area contributed by atoms with Crippen molar-refractivity contribution >= 4 is 16.0 Å². The molecule has 0 heterocycles. The van der Waals surface area contributed by atoms with Crippen molar-refractivity contribution < 1.29 is 17.9 Å². The summed E-state index contributed by atoms with van der Waals surface area (Å²) >= 11 is 0. The van der Waals surface area contributed by atoms with E-state index in [1.165, 1.54) is 23.5 Å². The van der Waals surface area contributed by atoms with E-state index in [1.54, 1.807) is 19.2 Å². The summed E-state index contributed by atoms with van der Waals surface area (Å²) in [5, 5.41) is 0. The van der Waals surface area contributed by atoms with Crippen LogP contribution in [0, 0.1) is 0 Å². The Bertz CT molecular complexity index is 591. The Kier molecular flexibility index (Phi) is 4.45. The van der Waals surface area contributed by atoms with Crippen molar-refractivity contribution in [2.45, 2.75) is 36.6 Å². The van der Waals surface area contributed by atoms with E-state index in [0.717, 1.165) is 25.7 Å². The van der Waals surface area contributed by atoms with Crippen molar-refractivity contribution in [1.29, 1.82) is 0 Å². The Hall–Kier alpha value is -1.40. The van der Waals surface area contributed by atoms with Crippen molar-refractivity contribution in [2.24, 2.45) is 0 Å². The number of sulfonamides is 1. The number of carbonyl (C=O) groups is 1. The molecule has 1 aromatic carbocycles. The molecule has 2 rings (SSSR count). The Balaban J connectivity index is 2.31. The van der Waals surface area contributed by atoms with Crippen molar-refractivity contribution in [1.82, 2.24) is 4.31 Å². The van der Waals surface area contributed by atoms with Crippen molar-refractivity contribution in [3.63, 3.8) is 0 Å². The lowest BCUT2D eigenvalue weighted by Gasteiger charge is -2.23. The molecule has 5 nitrogen and oxygen atoms in total. The summed E-state index contributed by atoms with van der Waals surface area (Å²) in [4.78, 5) is 11.6. The molecule has 6 heteroatoms. The lowest BCUT2D eigenvalue weighted by Crippen LogP contribution is -2.35. The van der Waals surface area contributed by atoms with Gasteiger partial charge in [-0.1, -0.05) is 18.9 Å². The van der Waals surface area contributed by atoms with E-state index < -0.39 is 16.0 Å². The first-order valence-corrected chi connectivity index (χ1v) is 8.07. The van der Waals surface area contributed by atoms with E-state index in [1.807, 2.05) is 0 Å². The normalized spacial score (nSPS) is 16.6. The van der Waals surface area contributed by atoms with Gasteiger partial charge in [0.2, 0.25) is 10.0 Å². The highest BCUT2D eigenvalue weighted by molar-refractivity contribution is 7.89. The molecule has 110 valence electrons. The van der Waals surface area contributed by atoms with Crippen LogP contribution in [0.15, 0.2) is 29.2 Å². The molecule has 0 bridgehead atoms. The van der Waals surface area contributed by atoms with Gasteiger partial charge in [-0.3, -0.25) is 0 Å². The van der Waals surface area contributed by atoms with Gasteiger partial charge in [0, 0.05) is 13.1 Å². The summed E-state index contributed by atoms with van der Waals surface area (Å²) < 4.78 is 31.2. The van der Waals surface area contributed by atoms with Gasteiger partial charge in [-0.15, -0.1) is 0 Å². The van der Waals surface area contributed by atoms with Gasteiger partial charge in [0.25, 0.3) is 0 Å². The summed E-state index contributed by atoms with van der Waals surface area (Å²) in [7, 11) is -0.682. The molecule has 1 aromatic rings. The Morgan fingerprint density at radius 2 is 1.95 bits per heavy atom. The van der Waals surface area contributed by atoms with E-state index in [2.05, 4.69) is 4.74 Å². The maximum atomic E-state index is 12.6. The summed E-state index contributed by atoms with van der Waals surface area (Å²) in [6.07, 6.45) is 3.91. The molecule has 0 spiro atoms. The molecule has 1 saturated carbocycles. The minimum atomic E-state index is -3.56. The van der Waals surface area contributed by atoms with E-state index in [4.69, 9.17) is 0 Å². The molecule has 0 atom stereocenters.